The van der Waals surface area contributed by atoms with Crippen molar-refractivity contribution >= 4 is 22.9 Å². The summed E-state index contributed by atoms with van der Waals surface area (Å²) in [6, 6.07) is 6.70. The molecule has 0 radical (unpaired) electrons. The Hall–Kier alpha value is -2.02. The fraction of sp³-hybridized carbons (Fsp3) is 0.154. The highest BCUT2D eigenvalue weighted by Gasteiger charge is 2.12. The van der Waals surface area contributed by atoms with Crippen molar-refractivity contribution < 1.29 is 22.7 Å². The lowest BCUT2D eigenvalue weighted by Crippen LogP contribution is -2.10. The van der Waals surface area contributed by atoms with Gasteiger partial charge in [0.25, 0.3) is 5.91 Å². The van der Waals surface area contributed by atoms with Crippen LogP contribution < -0.4 is 10.1 Å². The predicted molar refractivity (Wildman–Crippen MR) is 70.0 cm³/mol. The molecule has 0 saturated carbocycles. The maximum Gasteiger partial charge on any atom is 0.387 e. The molecule has 0 fully saturated rings. The van der Waals surface area contributed by atoms with E-state index in [1.54, 1.807) is 12.1 Å². The number of rotatable bonds is 4. The fourth-order valence-corrected chi connectivity index (χ4v) is 2.28. The van der Waals surface area contributed by atoms with Crippen LogP contribution in [-0.2, 0) is 0 Å². The van der Waals surface area contributed by atoms with E-state index in [0.29, 0.717) is 4.88 Å². The van der Waals surface area contributed by atoms with Gasteiger partial charge in [0.2, 0.25) is 0 Å². The van der Waals surface area contributed by atoms with Crippen LogP contribution in [-0.4, -0.2) is 12.5 Å². The van der Waals surface area contributed by atoms with E-state index in [9.17, 15) is 18.0 Å². The number of benzene rings is 1. The Kier molecular flexibility index (Phi) is 4.29. The fourth-order valence-electron chi connectivity index (χ4n) is 1.52. The summed E-state index contributed by atoms with van der Waals surface area (Å²) in [5.41, 5.74) is 0.167. The highest BCUT2D eigenvalue weighted by molar-refractivity contribution is 7.14. The number of carbonyl (C=O) groups excluding carboxylic acids is 1. The van der Waals surface area contributed by atoms with Crippen LogP contribution >= 0.6 is 11.3 Å². The molecule has 1 amide bonds. The van der Waals surface area contributed by atoms with Gasteiger partial charge in [0.1, 0.15) is 0 Å². The average Bonchev–Trinajstić information content (AvgIpc) is 2.79. The minimum absolute atomic E-state index is 0.167. The first-order valence-corrected chi connectivity index (χ1v) is 6.39. The minimum Gasteiger partial charge on any atom is -0.432 e. The Morgan fingerprint density at radius 1 is 1.30 bits per heavy atom. The quantitative estimate of drug-likeness (QED) is 0.925. The molecule has 2 aromatic rings. The summed E-state index contributed by atoms with van der Waals surface area (Å²) in [5, 5.41) is 2.48. The molecule has 0 aliphatic heterocycles. The van der Waals surface area contributed by atoms with Crippen LogP contribution in [0, 0.1) is 12.7 Å². The lowest BCUT2D eigenvalue weighted by molar-refractivity contribution is -0.0521. The third-order valence-electron chi connectivity index (χ3n) is 2.37. The maximum atomic E-state index is 13.5. The van der Waals surface area contributed by atoms with E-state index < -0.39 is 18.2 Å². The van der Waals surface area contributed by atoms with Crippen molar-refractivity contribution in [2.45, 2.75) is 13.5 Å². The van der Waals surface area contributed by atoms with Gasteiger partial charge in [-0.3, -0.25) is 4.79 Å². The molecule has 106 valence electrons. The number of nitrogens with one attached hydrogen (secondary N) is 1. The van der Waals surface area contributed by atoms with Crippen molar-refractivity contribution in [1.82, 2.24) is 0 Å². The summed E-state index contributed by atoms with van der Waals surface area (Å²) in [7, 11) is 0. The molecule has 0 aliphatic rings. The zero-order chi connectivity index (χ0) is 14.7. The number of thiophene rings is 1. The second kappa shape index (κ2) is 5.96. The van der Waals surface area contributed by atoms with Gasteiger partial charge in [-0.15, -0.1) is 11.3 Å². The Bertz CT molecular complexity index is 628. The summed E-state index contributed by atoms with van der Waals surface area (Å²) in [4.78, 5) is 13.3. The minimum atomic E-state index is -3.10. The lowest BCUT2D eigenvalue weighted by atomic mass is 10.3. The van der Waals surface area contributed by atoms with Crippen LogP contribution in [0.3, 0.4) is 0 Å². The summed E-state index contributed by atoms with van der Waals surface area (Å²) < 4.78 is 41.4. The molecule has 20 heavy (non-hydrogen) atoms. The second-order valence-electron chi connectivity index (χ2n) is 3.89. The summed E-state index contributed by atoms with van der Waals surface area (Å²) in [6.07, 6.45) is 0. The van der Waals surface area contributed by atoms with Crippen LogP contribution in [0.5, 0.6) is 5.75 Å². The van der Waals surface area contributed by atoms with E-state index in [0.717, 1.165) is 17.0 Å². The van der Waals surface area contributed by atoms with Gasteiger partial charge >= 0.3 is 6.61 Å². The smallest absolute Gasteiger partial charge is 0.387 e. The van der Waals surface area contributed by atoms with Gasteiger partial charge in [-0.25, -0.2) is 4.39 Å². The first kappa shape index (κ1) is 14.4. The van der Waals surface area contributed by atoms with Gasteiger partial charge in [-0.1, -0.05) is 0 Å². The third kappa shape index (κ3) is 3.51. The van der Waals surface area contributed by atoms with Gasteiger partial charge in [0.15, 0.2) is 11.6 Å². The van der Waals surface area contributed by atoms with Crippen LogP contribution in [0.1, 0.15) is 14.5 Å². The van der Waals surface area contributed by atoms with Gasteiger partial charge in [-0.05, 0) is 31.2 Å². The van der Waals surface area contributed by atoms with Gasteiger partial charge in [0.05, 0.1) is 4.88 Å². The maximum absolute atomic E-state index is 13.5. The number of aryl methyl sites for hydroxylation is 1. The lowest BCUT2D eigenvalue weighted by Gasteiger charge is -2.08. The number of hydrogen-bond acceptors (Lipinski definition) is 3. The number of alkyl halides is 2. The van der Waals surface area contributed by atoms with Crippen LogP contribution in [0.25, 0.3) is 0 Å². The highest BCUT2D eigenvalue weighted by atomic mass is 32.1. The van der Waals surface area contributed by atoms with E-state index in [1.165, 1.54) is 17.4 Å². The molecule has 0 spiro atoms. The molecule has 0 aliphatic carbocycles. The summed E-state index contributed by atoms with van der Waals surface area (Å²) in [5.74, 6) is -1.92. The standard InChI is InChI=1S/C13H10F3NO2S/c1-7-2-5-11(20-7)12(18)17-8-3-4-10(9(14)6-8)19-13(15)16/h2-6,13H,1H3,(H,17,18). The first-order valence-electron chi connectivity index (χ1n) is 5.58. The van der Waals surface area contributed by atoms with Gasteiger partial charge in [-0.2, -0.15) is 8.78 Å². The molecule has 3 nitrogen and oxygen atoms in total. The van der Waals surface area contributed by atoms with Crippen molar-refractivity contribution in [2.24, 2.45) is 0 Å². The molecule has 1 aromatic carbocycles. The van der Waals surface area contributed by atoms with Crippen LogP contribution in [0.15, 0.2) is 30.3 Å². The zero-order valence-corrected chi connectivity index (χ0v) is 11.1. The zero-order valence-electron chi connectivity index (χ0n) is 10.3. The van der Waals surface area contributed by atoms with Gasteiger partial charge < -0.3 is 10.1 Å². The molecule has 1 N–H and O–H groups in total. The van der Waals surface area contributed by atoms with Crippen LogP contribution in [0.2, 0.25) is 0 Å². The Morgan fingerprint density at radius 3 is 2.60 bits per heavy atom. The van der Waals surface area contributed by atoms with Crippen molar-refractivity contribution in [3.8, 4) is 5.75 Å². The topological polar surface area (TPSA) is 38.3 Å². The molecule has 1 heterocycles. The number of anilines is 1. The van der Waals surface area contributed by atoms with E-state index in [-0.39, 0.29) is 11.6 Å². The molecular formula is C13H10F3NO2S. The number of halogens is 3. The van der Waals surface area contributed by atoms with Gasteiger partial charge in [0, 0.05) is 16.6 Å². The SMILES string of the molecule is Cc1ccc(C(=O)Nc2ccc(OC(F)F)c(F)c2)s1. The molecule has 0 unspecified atom stereocenters. The molecule has 0 bridgehead atoms. The molecule has 1 aromatic heterocycles. The number of ether oxygens (including phenoxy) is 1. The first-order chi connectivity index (χ1) is 9.45. The van der Waals surface area contributed by atoms with Crippen molar-refractivity contribution in [2.75, 3.05) is 5.32 Å². The van der Waals surface area contributed by atoms with Crippen molar-refractivity contribution in [1.29, 1.82) is 0 Å². The van der Waals surface area contributed by atoms with Crippen LogP contribution in [0.4, 0.5) is 18.9 Å². The van der Waals surface area contributed by atoms with E-state index >= 15 is 0 Å². The molecule has 2 rings (SSSR count). The number of carbonyl (C=O) groups is 1. The second-order valence-corrected chi connectivity index (χ2v) is 5.18. The Morgan fingerprint density at radius 2 is 2.05 bits per heavy atom. The monoisotopic (exact) mass is 301 g/mol. The Labute approximate surface area is 117 Å². The van der Waals surface area contributed by atoms with E-state index in [1.807, 2.05) is 6.92 Å². The molecular weight excluding hydrogens is 291 g/mol. The van der Waals surface area contributed by atoms with E-state index in [4.69, 9.17) is 0 Å². The number of hydrogen-bond donors (Lipinski definition) is 1. The molecule has 0 atom stereocenters. The summed E-state index contributed by atoms with van der Waals surface area (Å²) in [6.45, 7) is -1.24. The highest BCUT2D eigenvalue weighted by Crippen LogP contribution is 2.24. The average molecular weight is 301 g/mol. The van der Waals surface area contributed by atoms with Crippen molar-refractivity contribution in [3.63, 3.8) is 0 Å². The molecule has 0 saturated heterocycles. The third-order valence-corrected chi connectivity index (χ3v) is 3.37. The largest absolute Gasteiger partial charge is 0.432 e. The van der Waals surface area contributed by atoms with Crippen molar-refractivity contribution in [3.05, 3.63) is 45.9 Å². The number of amides is 1. The van der Waals surface area contributed by atoms with E-state index in [2.05, 4.69) is 10.1 Å². The predicted octanol–water partition coefficient (Wildman–Crippen LogP) is 4.05. The Balaban J connectivity index is 2.10. The normalized spacial score (nSPS) is 10.7. The summed E-state index contributed by atoms with van der Waals surface area (Å²) >= 11 is 1.30. The molecule has 7 heteroatoms.